The lowest BCUT2D eigenvalue weighted by Crippen LogP contribution is -2.16. The monoisotopic (exact) mass is 729 g/mol. The molecule has 0 amide bonds. The van der Waals surface area contributed by atoms with Crippen LogP contribution in [0.4, 0.5) is 17.1 Å². The van der Waals surface area contributed by atoms with Crippen molar-refractivity contribution in [1.82, 2.24) is 0 Å². The summed E-state index contributed by atoms with van der Waals surface area (Å²) in [6.45, 7) is 4.69. The van der Waals surface area contributed by atoms with Crippen LogP contribution in [-0.4, -0.2) is 0 Å². The van der Waals surface area contributed by atoms with Crippen LogP contribution in [0.1, 0.15) is 25.0 Å². The van der Waals surface area contributed by atoms with Gasteiger partial charge in [-0.25, -0.2) is 0 Å². The van der Waals surface area contributed by atoms with Gasteiger partial charge in [-0.3, -0.25) is 0 Å². The second-order valence-corrected chi connectivity index (χ2v) is 15.7. The Morgan fingerprint density at radius 3 is 1.88 bits per heavy atom. The fourth-order valence-corrected chi connectivity index (χ4v) is 9.34. The number of fused-ring (bicyclic) bond motifs is 10. The molecule has 0 unspecified atom stereocenters. The second-order valence-electron chi connectivity index (χ2n) is 15.7. The Kier molecular flexibility index (Phi) is 7.55. The predicted octanol–water partition coefficient (Wildman–Crippen LogP) is 15.4. The van der Waals surface area contributed by atoms with E-state index in [0.717, 1.165) is 50.8 Å². The van der Waals surface area contributed by atoms with Crippen LogP contribution in [0.15, 0.2) is 200 Å². The molecule has 1 heterocycles. The molecule has 2 heteroatoms. The van der Waals surface area contributed by atoms with E-state index >= 15 is 0 Å². The van der Waals surface area contributed by atoms with Crippen LogP contribution in [0.2, 0.25) is 0 Å². The Labute approximate surface area is 333 Å². The number of hydrogen-bond donors (Lipinski definition) is 0. The number of nitrogens with zero attached hydrogens (tertiary/aromatic N) is 1. The summed E-state index contributed by atoms with van der Waals surface area (Å²) in [4.78, 5) is 2.37. The summed E-state index contributed by atoms with van der Waals surface area (Å²) in [5.74, 6) is 1.67. The summed E-state index contributed by atoms with van der Waals surface area (Å²) in [6.07, 6.45) is 0. The fourth-order valence-electron chi connectivity index (χ4n) is 9.34. The first-order valence-electron chi connectivity index (χ1n) is 19.8. The largest absolute Gasteiger partial charge is 0.454 e. The molecule has 9 aromatic carbocycles. The highest BCUT2D eigenvalue weighted by molar-refractivity contribution is 6.07. The van der Waals surface area contributed by atoms with Gasteiger partial charge in [-0.2, -0.15) is 0 Å². The summed E-state index contributed by atoms with van der Waals surface area (Å²) >= 11 is 0. The lowest BCUT2D eigenvalue weighted by Gasteiger charge is -2.30. The zero-order valence-electron chi connectivity index (χ0n) is 31.9. The molecule has 0 aromatic heterocycles. The van der Waals surface area contributed by atoms with Crippen molar-refractivity contribution < 1.29 is 4.74 Å². The number of ether oxygens (including phenoxy) is 1. The highest BCUT2D eigenvalue weighted by atomic mass is 16.5. The maximum absolute atomic E-state index is 7.33. The van der Waals surface area contributed by atoms with Gasteiger partial charge in [-0.15, -0.1) is 0 Å². The highest BCUT2D eigenvalue weighted by Gasteiger charge is 2.36. The van der Waals surface area contributed by atoms with Gasteiger partial charge < -0.3 is 9.64 Å². The second kappa shape index (κ2) is 13.0. The number of anilines is 3. The summed E-state index contributed by atoms with van der Waals surface area (Å²) in [5, 5.41) is 2.35. The van der Waals surface area contributed by atoms with Crippen LogP contribution >= 0.6 is 0 Å². The molecule has 0 atom stereocenters. The molecule has 11 rings (SSSR count). The van der Waals surface area contributed by atoms with Crippen molar-refractivity contribution in [3.63, 3.8) is 0 Å². The van der Waals surface area contributed by atoms with E-state index in [9.17, 15) is 0 Å². The Morgan fingerprint density at radius 1 is 0.404 bits per heavy atom. The molecule has 0 radical (unpaired) electrons. The van der Waals surface area contributed by atoms with E-state index in [4.69, 9.17) is 4.74 Å². The first-order chi connectivity index (χ1) is 28.0. The van der Waals surface area contributed by atoms with Crippen molar-refractivity contribution in [3.05, 3.63) is 211 Å². The third kappa shape index (κ3) is 5.25. The minimum Gasteiger partial charge on any atom is -0.454 e. The summed E-state index contributed by atoms with van der Waals surface area (Å²) < 4.78 is 7.33. The third-order valence-corrected chi connectivity index (χ3v) is 12.1. The minimum atomic E-state index is -0.135. The average molecular weight is 730 g/mol. The summed E-state index contributed by atoms with van der Waals surface area (Å²) in [7, 11) is 0. The molecular weight excluding hydrogens is 691 g/mol. The molecule has 0 saturated carbocycles. The maximum Gasteiger partial charge on any atom is 0.159 e. The van der Waals surface area contributed by atoms with Gasteiger partial charge in [0.25, 0.3) is 0 Å². The zero-order chi connectivity index (χ0) is 38.1. The van der Waals surface area contributed by atoms with Gasteiger partial charge in [0.2, 0.25) is 0 Å². The molecule has 0 N–H and O–H groups in total. The van der Waals surface area contributed by atoms with Crippen LogP contribution in [-0.2, 0) is 5.41 Å². The molecule has 0 spiro atoms. The molecule has 2 nitrogen and oxygen atoms in total. The molecule has 270 valence electrons. The van der Waals surface area contributed by atoms with E-state index in [1.807, 2.05) is 0 Å². The summed E-state index contributed by atoms with van der Waals surface area (Å²) in [5.41, 5.74) is 17.6. The van der Waals surface area contributed by atoms with E-state index in [2.05, 4.69) is 219 Å². The van der Waals surface area contributed by atoms with Crippen molar-refractivity contribution >= 4 is 27.8 Å². The fraction of sp³-hybridized carbons (Fsp3) is 0.0545. The van der Waals surface area contributed by atoms with Crippen molar-refractivity contribution in [1.29, 1.82) is 0 Å². The predicted molar refractivity (Wildman–Crippen MR) is 238 cm³/mol. The van der Waals surface area contributed by atoms with Gasteiger partial charge in [0.05, 0.1) is 5.69 Å². The van der Waals surface area contributed by atoms with Crippen LogP contribution < -0.4 is 9.64 Å². The summed E-state index contributed by atoms with van der Waals surface area (Å²) in [6, 6.07) is 72.5. The molecular formula is C55H39NO. The quantitative estimate of drug-likeness (QED) is 0.175. The van der Waals surface area contributed by atoms with Gasteiger partial charge in [-0.05, 0) is 109 Å². The van der Waals surface area contributed by atoms with Crippen molar-refractivity contribution in [2.75, 3.05) is 4.90 Å². The van der Waals surface area contributed by atoms with Gasteiger partial charge in [-0.1, -0.05) is 172 Å². The topological polar surface area (TPSA) is 12.5 Å². The van der Waals surface area contributed by atoms with Gasteiger partial charge in [0, 0.05) is 27.9 Å². The molecule has 1 aliphatic carbocycles. The third-order valence-electron chi connectivity index (χ3n) is 12.1. The van der Waals surface area contributed by atoms with Crippen molar-refractivity contribution in [2.45, 2.75) is 19.3 Å². The molecule has 0 bridgehead atoms. The number of para-hydroxylation sites is 2. The minimum absolute atomic E-state index is 0.135. The lowest BCUT2D eigenvalue weighted by atomic mass is 9.82. The normalized spacial score (nSPS) is 13.0. The Morgan fingerprint density at radius 2 is 1.05 bits per heavy atom. The smallest absolute Gasteiger partial charge is 0.159 e. The van der Waals surface area contributed by atoms with Crippen molar-refractivity contribution in [3.8, 4) is 67.1 Å². The van der Waals surface area contributed by atoms with Gasteiger partial charge >= 0.3 is 0 Å². The van der Waals surface area contributed by atoms with E-state index < -0.39 is 0 Å². The van der Waals surface area contributed by atoms with E-state index in [0.29, 0.717) is 0 Å². The van der Waals surface area contributed by atoms with Gasteiger partial charge in [0.1, 0.15) is 5.75 Å². The number of rotatable bonds is 5. The Hall–Kier alpha value is -7.16. The molecule has 0 fully saturated rings. The van der Waals surface area contributed by atoms with E-state index in [1.54, 1.807) is 0 Å². The molecule has 1 aliphatic heterocycles. The number of benzene rings is 9. The number of hydrogen-bond acceptors (Lipinski definition) is 2. The average Bonchev–Trinajstić information content (AvgIpc) is 3.39. The maximum atomic E-state index is 7.33. The van der Waals surface area contributed by atoms with E-state index in [1.165, 1.54) is 55.3 Å². The molecule has 57 heavy (non-hydrogen) atoms. The van der Waals surface area contributed by atoms with Gasteiger partial charge in [0.15, 0.2) is 5.75 Å². The first kappa shape index (κ1) is 33.2. The SMILES string of the molecule is CC1(C)c2ccccc2-c2ccc(N(c3ccccc3)c3cccc4c3Oc3ccc5ccccc5c3-c3cc(-c5ccccc5-c5ccccc5)ccc3-4)cc21. The van der Waals surface area contributed by atoms with Crippen LogP contribution in [0.3, 0.4) is 0 Å². The van der Waals surface area contributed by atoms with Crippen LogP contribution in [0.25, 0.3) is 66.4 Å². The molecule has 9 aromatic rings. The van der Waals surface area contributed by atoms with Crippen LogP contribution in [0.5, 0.6) is 11.5 Å². The Bertz CT molecular complexity index is 3020. The van der Waals surface area contributed by atoms with Crippen molar-refractivity contribution in [2.24, 2.45) is 0 Å². The molecule has 0 saturated heterocycles. The first-order valence-corrected chi connectivity index (χ1v) is 19.8. The van der Waals surface area contributed by atoms with E-state index in [-0.39, 0.29) is 5.41 Å². The highest BCUT2D eigenvalue weighted by Crippen LogP contribution is 2.56. The van der Waals surface area contributed by atoms with Crippen LogP contribution in [0, 0.1) is 0 Å². The zero-order valence-corrected chi connectivity index (χ0v) is 31.9. The lowest BCUT2D eigenvalue weighted by molar-refractivity contribution is 0.489. The molecule has 2 aliphatic rings. The standard InChI is InChI=1S/C55H39NO/c1-55(2)49-26-14-13-24-45(49)46-32-30-40(35-50(46)55)56(39-19-7-4-8-20-39)51-27-15-25-47-44-31-28-38(42-22-12-11-21-41(42)36-16-5-3-6-17-36)34-48(44)53-43-23-10-9-18-37(43)29-33-52(53)57-54(47)51/h3-35H,1-2H3. The Balaban J connectivity index is 1.15.